The molecule has 0 spiro atoms. The van der Waals surface area contributed by atoms with E-state index in [1.807, 2.05) is 13.0 Å². The second-order valence-corrected chi connectivity index (χ2v) is 5.78. The van der Waals surface area contributed by atoms with Crippen molar-refractivity contribution in [2.45, 2.75) is 26.3 Å². The third kappa shape index (κ3) is 5.99. The minimum absolute atomic E-state index is 0.233. The zero-order valence-corrected chi connectivity index (χ0v) is 13.8. The lowest BCUT2D eigenvalue weighted by Crippen LogP contribution is -2.46. The Labute approximate surface area is 136 Å². The van der Waals surface area contributed by atoms with Crippen molar-refractivity contribution in [3.05, 3.63) is 17.5 Å². The number of nitrogens with zero attached hydrogens (tertiary/aromatic N) is 3. The number of piperazine rings is 1. The average molecular weight is 323 g/mol. The molecular formula is C15H25N5O3. The van der Waals surface area contributed by atoms with Crippen LogP contribution in [0.2, 0.25) is 0 Å². The number of carbonyl (C=O) groups excluding carboxylic acids is 2. The summed E-state index contributed by atoms with van der Waals surface area (Å²) in [5.74, 6) is 0.672. The Bertz CT molecular complexity index is 523. The van der Waals surface area contributed by atoms with Crippen molar-refractivity contribution in [2.75, 3.05) is 39.8 Å². The number of carbonyl (C=O) groups is 2. The number of imide groups is 1. The van der Waals surface area contributed by atoms with Crippen molar-refractivity contribution >= 4 is 11.9 Å². The summed E-state index contributed by atoms with van der Waals surface area (Å²) in [6.45, 7) is 7.49. The molecule has 1 fully saturated rings. The standard InChI is InChI=1S/C15H25N5O3/c1-12-10-13(23-18-12)11-20-8-6-19(7-9-20)5-3-4-14(21)17-15(22)16-2/h10H,3-9,11H2,1-2H3,(H2,16,17,21,22). The van der Waals surface area contributed by atoms with E-state index in [2.05, 4.69) is 25.6 Å². The van der Waals surface area contributed by atoms with Crippen LogP contribution in [0.3, 0.4) is 0 Å². The van der Waals surface area contributed by atoms with Crippen molar-refractivity contribution in [2.24, 2.45) is 0 Å². The molecule has 1 aromatic heterocycles. The molecule has 0 aliphatic carbocycles. The molecule has 1 aliphatic heterocycles. The highest BCUT2D eigenvalue weighted by molar-refractivity contribution is 5.94. The molecule has 0 atom stereocenters. The van der Waals surface area contributed by atoms with Gasteiger partial charge in [0.25, 0.3) is 0 Å². The van der Waals surface area contributed by atoms with Gasteiger partial charge in [-0.15, -0.1) is 0 Å². The van der Waals surface area contributed by atoms with Crippen LogP contribution in [0.5, 0.6) is 0 Å². The van der Waals surface area contributed by atoms with Crippen LogP contribution in [0.25, 0.3) is 0 Å². The molecule has 2 rings (SSSR count). The van der Waals surface area contributed by atoms with Crippen molar-refractivity contribution < 1.29 is 14.1 Å². The lowest BCUT2D eigenvalue weighted by Gasteiger charge is -2.34. The summed E-state index contributed by atoms with van der Waals surface area (Å²) in [5, 5.41) is 8.54. The molecule has 23 heavy (non-hydrogen) atoms. The lowest BCUT2D eigenvalue weighted by atomic mass is 10.2. The van der Waals surface area contributed by atoms with Gasteiger partial charge in [0.2, 0.25) is 5.91 Å². The minimum Gasteiger partial charge on any atom is -0.360 e. The molecule has 0 bridgehead atoms. The zero-order valence-electron chi connectivity index (χ0n) is 13.8. The second kappa shape index (κ2) is 8.64. The largest absolute Gasteiger partial charge is 0.360 e. The number of aromatic nitrogens is 1. The van der Waals surface area contributed by atoms with Gasteiger partial charge >= 0.3 is 6.03 Å². The maximum Gasteiger partial charge on any atom is 0.321 e. The maximum atomic E-state index is 11.5. The van der Waals surface area contributed by atoms with Crippen LogP contribution in [0, 0.1) is 6.92 Å². The van der Waals surface area contributed by atoms with E-state index in [9.17, 15) is 9.59 Å². The van der Waals surface area contributed by atoms with Crippen LogP contribution in [-0.4, -0.2) is 66.7 Å². The third-order valence-corrected chi connectivity index (χ3v) is 3.88. The summed E-state index contributed by atoms with van der Waals surface area (Å²) in [6, 6.07) is 1.52. The van der Waals surface area contributed by atoms with Gasteiger partial charge in [-0.1, -0.05) is 5.16 Å². The lowest BCUT2D eigenvalue weighted by molar-refractivity contribution is -0.120. The summed E-state index contributed by atoms with van der Waals surface area (Å²) in [5.41, 5.74) is 0.911. The molecule has 0 radical (unpaired) electrons. The first-order chi connectivity index (χ1) is 11.1. The highest BCUT2D eigenvalue weighted by atomic mass is 16.5. The van der Waals surface area contributed by atoms with Gasteiger partial charge in [-0.2, -0.15) is 0 Å². The fourth-order valence-electron chi connectivity index (χ4n) is 2.60. The maximum absolute atomic E-state index is 11.5. The molecule has 128 valence electrons. The number of rotatable bonds is 6. The third-order valence-electron chi connectivity index (χ3n) is 3.88. The van der Waals surface area contributed by atoms with Gasteiger partial charge in [0.1, 0.15) is 0 Å². The predicted molar refractivity (Wildman–Crippen MR) is 84.8 cm³/mol. The van der Waals surface area contributed by atoms with E-state index in [1.165, 1.54) is 7.05 Å². The van der Waals surface area contributed by atoms with E-state index >= 15 is 0 Å². The Hall–Kier alpha value is -1.93. The Morgan fingerprint density at radius 2 is 1.96 bits per heavy atom. The summed E-state index contributed by atoms with van der Waals surface area (Å²) in [4.78, 5) is 27.2. The number of amides is 3. The predicted octanol–water partition coefficient (Wildman–Crippen LogP) is 0.336. The average Bonchev–Trinajstić information content (AvgIpc) is 2.94. The fraction of sp³-hybridized carbons (Fsp3) is 0.667. The summed E-state index contributed by atoms with van der Waals surface area (Å²) >= 11 is 0. The van der Waals surface area contributed by atoms with Gasteiger partial charge in [-0.05, 0) is 19.9 Å². The van der Waals surface area contributed by atoms with Crippen molar-refractivity contribution in [3.8, 4) is 0 Å². The van der Waals surface area contributed by atoms with E-state index in [-0.39, 0.29) is 5.91 Å². The number of hydrogen-bond acceptors (Lipinski definition) is 6. The number of urea groups is 1. The van der Waals surface area contributed by atoms with Crippen LogP contribution < -0.4 is 10.6 Å². The molecule has 3 amide bonds. The Morgan fingerprint density at radius 1 is 1.26 bits per heavy atom. The number of aryl methyl sites for hydroxylation is 1. The zero-order chi connectivity index (χ0) is 16.7. The van der Waals surface area contributed by atoms with Crippen LogP contribution >= 0.6 is 0 Å². The highest BCUT2D eigenvalue weighted by Crippen LogP contribution is 2.10. The summed E-state index contributed by atoms with van der Waals surface area (Å²) in [6.07, 6.45) is 1.12. The Kier molecular flexibility index (Phi) is 6.54. The van der Waals surface area contributed by atoms with Gasteiger partial charge in [-0.3, -0.25) is 15.0 Å². The molecule has 0 saturated carbocycles. The SMILES string of the molecule is CNC(=O)NC(=O)CCCN1CCN(Cc2cc(C)no2)CC1. The molecular weight excluding hydrogens is 298 g/mol. The van der Waals surface area contributed by atoms with Gasteiger partial charge in [0.05, 0.1) is 12.2 Å². The van der Waals surface area contributed by atoms with Crippen LogP contribution in [0.15, 0.2) is 10.6 Å². The molecule has 2 heterocycles. The molecule has 2 N–H and O–H groups in total. The Morgan fingerprint density at radius 3 is 2.57 bits per heavy atom. The van der Waals surface area contributed by atoms with Crippen LogP contribution in [0.4, 0.5) is 4.79 Å². The van der Waals surface area contributed by atoms with E-state index in [1.54, 1.807) is 0 Å². The molecule has 1 aliphatic rings. The minimum atomic E-state index is -0.453. The van der Waals surface area contributed by atoms with Gasteiger partial charge in [-0.25, -0.2) is 4.79 Å². The van der Waals surface area contributed by atoms with Crippen LogP contribution in [0.1, 0.15) is 24.3 Å². The summed E-state index contributed by atoms with van der Waals surface area (Å²) in [7, 11) is 1.49. The summed E-state index contributed by atoms with van der Waals surface area (Å²) < 4.78 is 5.24. The van der Waals surface area contributed by atoms with Gasteiger partial charge < -0.3 is 14.7 Å². The molecule has 1 aromatic rings. The van der Waals surface area contributed by atoms with Crippen molar-refractivity contribution in [1.29, 1.82) is 0 Å². The van der Waals surface area contributed by atoms with Crippen molar-refractivity contribution in [1.82, 2.24) is 25.6 Å². The topological polar surface area (TPSA) is 90.7 Å². The normalized spacial score (nSPS) is 16.3. The first-order valence-electron chi connectivity index (χ1n) is 7.95. The second-order valence-electron chi connectivity index (χ2n) is 5.78. The first-order valence-corrected chi connectivity index (χ1v) is 7.95. The van der Waals surface area contributed by atoms with Gasteiger partial charge in [0, 0.05) is 45.7 Å². The monoisotopic (exact) mass is 323 g/mol. The van der Waals surface area contributed by atoms with Crippen molar-refractivity contribution in [3.63, 3.8) is 0 Å². The van der Waals surface area contributed by atoms with Gasteiger partial charge in [0.15, 0.2) is 5.76 Å². The van der Waals surface area contributed by atoms with E-state index in [0.717, 1.165) is 57.1 Å². The molecule has 1 saturated heterocycles. The molecule has 0 unspecified atom stereocenters. The quantitative estimate of drug-likeness (QED) is 0.784. The van der Waals surface area contributed by atoms with E-state index in [0.29, 0.717) is 6.42 Å². The Balaban J connectivity index is 1.59. The molecule has 8 heteroatoms. The molecule has 8 nitrogen and oxygen atoms in total. The van der Waals surface area contributed by atoms with Crippen LogP contribution in [-0.2, 0) is 11.3 Å². The van der Waals surface area contributed by atoms with E-state index < -0.39 is 6.03 Å². The smallest absolute Gasteiger partial charge is 0.321 e. The fourth-order valence-corrected chi connectivity index (χ4v) is 2.60. The molecule has 0 aromatic carbocycles. The number of hydrogen-bond donors (Lipinski definition) is 2. The van der Waals surface area contributed by atoms with E-state index in [4.69, 9.17) is 4.52 Å². The highest BCUT2D eigenvalue weighted by Gasteiger charge is 2.18. The first kappa shape index (κ1) is 17.4. The number of nitrogens with one attached hydrogen (secondary N) is 2.